The largest absolute Gasteiger partial charge is 0.507 e. The Kier molecular flexibility index (Phi) is 4.12. The molecule has 8 heteroatoms. The third-order valence-electron chi connectivity index (χ3n) is 2.87. The highest BCUT2D eigenvalue weighted by Gasteiger charge is 2.08. The predicted octanol–water partition coefficient (Wildman–Crippen LogP) is 3.35. The summed E-state index contributed by atoms with van der Waals surface area (Å²) in [6.45, 7) is 0. The first-order valence-electron chi connectivity index (χ1n) is 6.26. The number of rotatable bonds is 3. The molecule has 110 valence electrons. The van der Waals surface area contributed by atoms with Crippen LogP contribution in [0, 0.1) is 4.77 Å². The molecule has 2 aromatic heterocycles. The van der Waals surface area contributed by atoms with Crippen molar-refractivity contribution in [3.8, 4) is 17.1 Å². The molecule has 22 heavy (non-hydrogen) atoms. The molecular formula is C14H10BrN5OS. The number of H-pyrrole nitrogens is 1. The van der Waals surface area contributed by atoms with Crippen LogP contribution in [0.1, 0.15) is 5.56 Å². The number of phenolic OH excluding ortho intramolecular Hbond substituents is 1. The quantitative estimate of drug-likeness (QED) is 0.543. The topological polar surface area (TPSA) is 79.1 Å². The zero-order valence-corrected chi connectivity index (χ0v) is 13.5. The van der Waals surface area contributed by atoms with Gasteiger partial charge in [-0.3, -0.25) is 4.98 Å². The molecule has 0 aliphatic heterocycles. The summed E-state index contributed by atoms with van der Waals surface area (Å²) in [6.07, 6.45) is 4.87. The van der Waals surface area contributed by atoms with Gasteiger partial charge in [0, 0.05) is 28.0 Å². The summed E-state index contributed by atoms with van der Waals surface area (Å²) in [6, 6.07) is 8.76. The van der Waals surface area contributed by atoms with Crippen molar-refractivity contribution >= 4 is 34.4 Å². The van der Waals surface area contributed by atoms with Gasteiger partial charge in [0.2, 0.25) is 4.77 Å². The second-order valence-corrected chi connectivity index (χ2v) is 5.66. The van der Waals surface area contributed by atoms with Gasteiger partial charge < -0.3 is 5.11 Å². The number of hydrogen-bond acceptors (Lipinski definition) is 5. The molecule has 6 nitrogen and oxygen atoms in total. The van der Waals surface area contributed by atoms with Crippen molar-refractivity contribution in [3.63, 3.8) is 0 Å². The van der Waals surface area contributed by atoms with E-state index in [9.17, 15) is 5.11 Å². The Morgan fingerprint density at radius 3 is 3.00 bits per heavy atom. The summed E-state index contributed by atoms with van der Waals surface area (Å²) in [5.41, 5.74) is 1.35. The average Bonchev–Trinajstić information content (AvgIpc) is 2.90. The van der Waals surface area contributed by atoms with E-state index >= 15 is 0 Å². The third kappa shape index (κ3) is 2.97. The minimum absolute atomic E-state index is 0.130. The zero-order valence-electron chi connectivity index (χ0n) is 11.1. The van der Waals surface area contributed by atoms with E-state index in [1.54, 1.807) is 36.7 Å². The van der Waals surface area contributed by atoms with Crippen molar-refractivity contribution in [1.82, 2.24) is 19.9 Å². The van der Waals surface area contributed by atoms with Crippen LogP contribution in [0.4, 0.5) is 0 Å². The highest BCUT2D eigenvalue weighted by Crippen LogP contribution is 2.21. The Balaban J connectivity index is 2.03. The van der Waals surface area contributed by atoms with Crippen LogP contribution in [0.15, 0.2) is 52.3 Å². The summed E-state index contributed by atoms with van der Waals surface area (Å²) >= 11 is 8.54. The number of aromatic hydroxyl groups is 1. The van der Waals surface area contributed by atoms with Crippen molar-refractivity contribution in [2.75, 3.05) is 0 Å². The molecule has 0 saturated carbocycles. The molecule has 0 unspecified atom stereocenters. The van der Waals surface area contributed by atoms with E-state index in [4.69, 9.17) is 12.2 Å². The number of halogens is 1. The van der Waals surface area contributed by atoms with Gasteiger partial charge in [0.05, 0.1) is 6.21 Å². The number of aromatic nitrogens is 4. The van der Waals surface area contributed by atoms with E-state index in [0.29, 0.717) is 16.2 Å². The molecule has 0 amide bonds. The fourth-order valence-corrected chi connectivity index (χ4v) is 2.39. The zero-order chi connectivity index (χ0) is 15.5. The number of aromatic amines is 1. The van der Waals surface area contributed by atoms with Gasteiger partial charge in [-0.05, 0) is 42.5 Å². The Labute approximate surface area is 139 Å². The first-order valence-corrected chi connectivity index (χ1v) is 7.46. The maximum Gasteiger partial charge on any atom is 0.216 e. The maximum absolute atomic E-state index is 9.84. The van der Waals surface area contributed by atoms with Crippen LogP contribution in [0.25, 0.3) is 11.4 Å². The summed E-state index contributed by atoms with van der Waals surface area (Å²) < 4.78 is 2.67. The fourth-order valence-electron chi connectivity index (χ4n) is 1.83. The average molecular weight is 376 g/mol. The lowest BCUT2D eigenvalue weighted by molar-refractivity contribution is 0.474. The van der Waals surface area contributed by atoms with Gasteiger partial charge in [0.15, 0.2) is 5.82 Å². The minimum Gasteiger partial charge on any atom is -0.507 e. The molecule has 3 rings (SSSR count). The summed E-state index contributed by atoms with van der Waals surface area (Å²) in [5.74, 6) is 0.675. The Bertz CT molecular complexity index is 888. The number of nitrogens with zero attached hydrogens (tertiary/aromatic N) is 4. The highest BCUT2D eigenvalue weighted by atomic mass is 79.9. The van der Waals surface area contributed by atoms with E-state index in [0.717, 1.165) is 10.0 Å². The Morgan fingerprint density at radius 2 is 2.23 bits per heavy atom. The lowest BCUT2D eigenvalue weighted by Gasteiger charge is -2.01. The summed E-state index contributed by atoms with van der Waals surface area (Å²) in [7, 11) is 0. The normalized spacial score (nSPS) is 11.1. The van der Waals surface area contributed by atoms with E-state index < -0.39 is 0 Å². The van der Waals surface area contributed by atoms with Gasteiger partial charge in [0.25, 0.3) is 0 Å². The van der Waals surface area contributed by atoms with Crippen molar-refractivity contribution in [2.24, 2.45) is 5.10 Å². The predicted molar refractivity (Wildman–Crippen MR) is 89.4 cm³/mol. The van der Waals surface area contributed by atoms with E-state index in [-0.39, 0.29) is 5.75 Å². The first kappa shape index (κ1) is 14.6. The van der Waals surface area contributed by atoms with Crippen LogP contribution >= 0.6 is 28.1 Å². The fraction of sp³-hybridized carbons (Fsp3) is 0. The van der Waals surface area contributed by atoms with E-state index in [1.165, 1.54) is 10.9 Å². The highest BCUT2D eigenvalue weighted by molar-refractivity contribution is 9.10. The molecule has 0 aliphatic carbocycles. The molecule has 2 heterocycles. The monoisotopic (exact) mass is 375 g/mol. The smallest absolute Gasteiger partial charge is 0.216 e. The molecule has 0 spiro atoms. The number of pyridine rings is 1. The molecule has 0 aliphatic rings. The molecule has 0 bridgehead atoms. The molecule has 0 radical (unpaired) electrons. The van der Waals surface area contributed by atoms with Crippen molar-refractivity contribution in [2.45, 2.75) is 0 Å². The van der Waals surface area contributed by atoms with Gasteiger partial charge in [-0.2, -0.15) is 14.9 Å². The van der Waals surface area contributed by atoms with Gasteiger partial charge in [-0.15, -0.1) is 0 Å². The van der Waals surface area contributed by atoms with Crippen LogP contribution < -0.4 is 0 Å². The molecule has 0 atom stereocenters. The molecule has 0 fully saturated rings. The Hall–Kier alpha value is -2.32. The third-order valence-corrected chi connectivity index (χ3v) is 3.63. The summed E-state index contributed by atoms with van der Waals surface area (Å²) in [5, 5.41) is 21.0. The molecule has 2 N–H and O–H groups in total. The van der Waals surface area contributed by atoms with Gasteiger partial charge in [-0.25, -0.2) is 5.10 Å². The SMILES string of the molecule is Oc1ccc(Br)cc1C=Nn1c(-c2cccnc2)n[nH]c1=S. The van der Waals surface area contributed by atoms with Crippen molar-refractivity contribution in [1.29, 1.82) is 0 Å². The molecule has 1 aromatic carbocycles. The lowest BCUT2D eigenvalue weighted by Crippen LogP contribution is -1.95. The van der Waals surface area contributed by atoms with E-state index in [2.05, 4.69) is 36.2 Å². The van der Waals surface area contributed by atoms with Crippen LogP contribution in [0.2, 0.25) is 0 Å². The maximum atomic E-state index is 9.84. The second-order valence-electron chi connectivity index (χ2n) is 4.35. The van der Waals surface area contributed by atoms with Gasteiger partial charge >= 0.3 is 0 Å². The van der Waals surface area contributed by atoms with Crippen molar-refractivity contribution < 1.29 is 5.11 Å². The van der Waals surface area contributed by atoms with Crippen LogP contribution in [0.5, 0.6) is 5.75 Å². The van der Waals surface area contributed by atoms with Crippen LogP contribution in [-0.2, 0) is 0 Å². The van der Waals surface area contributed by atoms with Crippen LogP contribution in [0.3, 0.4) is 0 Å². The number of benzene rings is 1. The van der Waals surface area contributed by atoms with E-state index in [1.807, 2.05) is 6.07 Å². The summed E-state index contributed by atoms with van der Waals surface area (Å²) in [4.78, 5) is 4.06. The van der Waals surface area contributed by atoms with Crippen molar-refractivity contribution in [3.05, 3.63) is 57.5 Å². The van der Waals surface area contributed by atoms with Crippen LogP contribution in [-0.4, -0.2) is 31.2 Å². The number of phenols is 1. The molecule has 0 saturated heterocycles. The molecule has 3 aromatic rings. The van der Waals surface area contributed by atoms with Gasteiger partial charge in [-0.1, -0.05) is 15.9 Å². The number of nitrogens with one attached hydrogen (secondary N) is 1. The first-order chi connectivity index (χ1) is 10.6. The lowest BCUT2D eigenvalue weighted by atomic mass is 10.2. The molecular weight excluding hydrogens is 366 g/mol. The number of hydrogen-bond donors (Lipinski definition) is 2. The standard InChI is InChI=1S/C14H10BrN5OS/c15-11-3-4-12(21)10(6-11)8-17-20-13(18-19-14(20)22)9-2-1-5-16-7-9/h1-8,21H,(H,19,22). The van der Waals surface area contributed by atoms with Gasteiger partial charge in [0.1, 0.15) is 5.75 Å². The second kappa shape index (κ2) is 6.20. The minimum atomic E-state index is 0.130. The Morgan fingerprint density at radius 1 is 1.36 bits per heavy atom.